The standard InChI is InChI=1S/C21H16N4O3/c1-13-7-3-4-8-14(13)18-11-16(15-9-5-6-10-19(15)28-2)22-20-12-17(21(26)24-27)23-25(18)20/h3-12H,1-2H3. The lowest BCUT2D eigenvalue weighted by atomic mass is 10.0. The van der Waals surface area contributed by atoms with Crippen molar-refractivity contribution in [3.05, 3.63) is 76.8 Å². The van der Waals surface area contributed by atoms with Gasteiger partial charge in [0.15, 0.2) is 11.3 Å². The highest BCUT2D eigenvalue weighted by Crippen LogP contribution is 2.33. The molecular weight excluding hydrogens is 356 g/mol. The number of aromatic nitrogens is 3. The van der Waals surface area contributed by atoms with E-state index in [1.807, 2.05) is 61.5 Å². The second kappa shape index (κ2) is 7.03. The SMILES string of the molecule is COc1ccccc1-c1cc(-c2ccccc2C)n2nc(C(=O)N=O)cc2n1. The molecule has 4 rings (SSSR count). The number of benzene rings is 2. The highest BCUT2D eigenvalue weighted by atomic mass is 16.5. The Morgan fingerprint density at radius 1 is 1.04 bits per heavy atom. The van der Waals surface area contributed by atoms with Gasteiger partial charge in [-0.3, -0.25) is 4.79 Å². The quantitative estimate of drug-likeness (QED) is 0.499. The fourth-order valence-electron chi connectivity index (χ4n) is 3.17. The maximum absolute atomic E-state index is 11.8. The molecule has 0 spiro atoms. The van der Waals surface area contributed by atoms with E-state index in [9.17, 15) is 9.70 Å². The number of nitroso groups, excluding NO2 is 1. The Kier molecular flexibility index (Phi) is 4.41. The van der Waals surface area contributed by atoms with Crippen LogP contribution in [0.3, 0.4) is 0 Å². The van der Waals surface area contributed by atoms with Crippen molar-refractivity contribution in [1.82, 2.24) is 14.6 Å². The molecule has 0 atom stereocenters. The molecule has 2 aromatic carbocycles. The summed E-state index contributed by atoms with van der Waals surface area (Å²) >= 11 is 0. The van der Waals surface area contributed by atoms with Crippen LogP contribution in [0.2, 0.25) is 0 Å². The van der Waals surface area contributed by atoms with E-state index in [0.717, 1.165) is 22.4 Å². The fraction of sp³-hybridized carbons (Fsp3) is 0.0952. The predicted molar refractivity (Wildman–Crippen MR) is 105 cm³/mol. The zero-order valence-electron chi connectivity index (χ0n) is 15.3. The minimum absolute atomic E-state index is 0.0467. The zero-order chi connectivity index (χ0) is 19.7. The third-order valence-corrected chi connectivity index (χ3v) is 4.53. The lowest BCUT2D eigenvalue weighted by molar-refractivity contribution is 0.0996. The largest absolute Gasteiger partial charge is 0.496 e. The van der Waals surface area contributed by atoms with Gasteiger partial charge in [-0.25, -0.2) is 9.50 Å². The van der Waals surface area contributed by atoms with Gasteiger partial charge in [0.2, 0.25) is 0 Å². The van der Waals surface area contributed by atoms with Crippen LogP contribution in [0.1, 0.15) is 16.1 Å². The highest BCUT2D eigenvalue weighted by molar-refractivity contribution is 5.94. The number of nitrogens with zero attached hydrogens (tertiary/aromatic N) is 4. The van der Waals surface area contributed by atoms with Gasteiger partial charge in [0.05, 0.1) is 18.5 Å². The molecule has 1 amide bonds. The number of para-hydroxylation sites is 1. The summed E-state index contributed by atoms with van der Waals surface area (Å²) in [7, 11) is 1.60. The number of amides is 1. The molecule has 0 aliphatic rings. The predicted octanol–water partition coefficient (Wildman–Crippen LogP) is 4.29. The van der Waals surface area contributed by atoms with Crippen molar-refractivity contribution < 1.29 is 9.53 Å². The van der Waals surface area contributed by atoms with Crippen molar-refractivity contribution in [2.24, 2.45) is 5.18 Å². The number of fused-ring (bicyclic) bond motifs is 1. The summed E-state index contributed by atoms with van der Waals surface area (Å²) in [6, 6.07) is 18.8. The van der Waals surface area contributed by atoms with Crippen molar-refractivity contribution in [1.29, 1.82) is 0 Å². The van der Waals surface area contributed by atoms with Gasteiger partial charge in [0.1, 0.15) is 5.75 Å². The van der Waals surface area contributed by atoms with Gasteiger partial charge < -0.3 is 4.74 Å². The molecule has 0 bridgehead atoms. The molecule has 2 aromatic heterocycles. The Morgan fingerprint density at radius 3 is 2.46 bits per heavy atom. The third-order valence-electron chi connectivity index (χ3n) is 4.53. The number of methoxy groups -OCH3 is 1. The average molecular weight is 372 g/mol. The number of carbonyl (C=O) groups is 1. The summed E-state index contributed by atoms with van der Waals surface area (Å²) in [4.78, 5) is 27.1. The molecule has 4 aromatic rings. The second-order valence-corrected chi connectivity index (χ2v) is 6.24. The van der Waals surface area contributed by atoms with Crippen LogP contribution in [-0.2, 0) is 0 Å². The van der Waals surface area contributed by atoms with Crippen LogP contribution in [0, 0.1) is 11.8 Å². The van der Waals surface area contributed by atoms with Crippen molar-refractivity contribution in [3.63, 3.8) is 0 Å². The number of aryl methyl sites for hydroxylation is 1. The summed E-state index contributed by atoms with van der Waals surface area (Å²) < 4.78 is 7.02. The maximum Gasteiger partial charge on any atom is 0.336 e. The van der Waals surface area contributed by atoms with Crippen LogP contribution in [0.4, 0.5) is 0 Å². The summed E-state index contributed by atoms with van der Waals surface area (Å²) in [5.41, 5.74) is 4.59. The molecule has 0 saturated carbocycles. The topological polar surface area (TPSA) is 85.9 Å². The fourth-order valence-corrected chi connectivity index (χ4v) is 3.17. The zero-order valence-corrected chi connectivity index (χ0v) is 15.3. The van der Waals surface area contributed by atoms with Crippen molar-refractivity contribution >= 4 is 11.6 Å². The number of hydrogen-bond donors (Lipinski definition) is 0. The van der Waals surface area contributed by atoms with E-state index in [1.54, 1.807) is 11.6 Å². The molecule has 0 radical (unpaired) electrons. The van der Waals surface area contributed by atoms with Gasteiger partial charge in [0.25, 0.3) is 0 Å². The molecule has 0 N–H and O–H groups in total. The van der Waals surface area contributed by atoms with Crippen LogP contribution in [-0.4, -0.2) is 27.6 Å². The average Bonchev–Trinajstić information content (AvgIpc) is 3.17. The number of rotatable bonds is 4. The molecular formula is C21H16N4O3. The second-order valence-electron chi connectivity index (χ2n) is 6.24. The molecule has 0 unspecified atom stereocenters. The maximum atomic E-state index is 11.8. The Balaban J connectivity index is 2.05. The Bertz CT molecular complexity index is 1210. The molecule has 7 nitrogen and oxygen atoms in total. The number of ether oxygens (including phenoxy) is 1. The van der Waals surface area contributed by atoms with E-state index in [-0.39, 0.29) is 5.69 Å². The van der Waals surface area contributed by atoms with E-state index in [0.29, 0.717) is 17.1 Å². The molecule has 138 valence electrons. The van der Waals surface area contributed by atoms with E-state index in [2.05, 4.69) is 15.3 Å². The first-order valence-corrected chi connectivity index (χ1v) is 8.60. The Hall–Kier alpha value is -3.87. The van der Waals surface area contributed by atoms with Gasteiger partial charge in [-0.05, 0) is 30.7 Å². The first-order chi connectivity index (χ1) is 13.6. The minimum atomic E-state index is -0.930. The van der Waals surface area contributed by atoms with E-state index in [1.165, 1.54) is 6.07 Å². The van der Waals surface area contributed by atoms with Crippen LogP contribution in [0.25, 0.3) is 28.2 Å². The highest BCUT2D eigenvalue weighted by Gasteiger charge is 2.18. The molecule has 2 heterocycles. The van der Waals surface area contributed by atoms with Crippen molar-refractivity contribution in [2.45, 2.75) is 6.92 Å². The van der Waals surface area contributed by atoms with Gasteiger partial charge in [0, 0.05) is 22.4 Å². The number of hydrogen-bond acceptors (Lipinski definition) is 5. The van der Waals surface area contributed by atoms with Gasteiger partial charge in [-0.15, -0.1) is 4.91 Å². The first-order valence-electron chi connectivity index (χ1n) is 8.60. The van der Waals surface area contributed by atoms with E-state index in [4.69, 9.17) is 4.74 Å². The van der Waals surface area contributed by atoms with E-state index < -0.39 is 5.91 Å². The Morgan fingerprint density at radius 2 is 1.75 bits per heavy atom. The van der Waals surface area contributed by atoms with Gasteiger partial charge in [-0.1, -0.05) is 36.4 Å². The lowest BCUT2D eigenvalue weighted by Crippen LogP contribution is -2.01. The summed E-state index contributed by atoms with van der Waals surface area (Å²) in [6.45, 7) is 1.99. The normalized spacial score (nSPS) is 10.8. The van der Waals surface area contributed by atoms with Gasteiger partial charge in [-0.2, -0.15) is 5.10 Å². The van der Waals surface area contributed by atoms with Crippen molar-refractivity contribution in [2.75, 3.05) is 7.11 Å². The summed E-state index contributed by atoms with van der Waals surface area (Å²) in [5.74, 6) is -0.250. The number of carbonyl (C=O) groups excluding carboxylic acids is 1. The molecule has 7 heteroatoms. The first kappa shape index (κ1) is 17.5. The Labute approximate surface area is 160 Å². The molecule has 0 fully saturated rings. The smallest absolute Gasteiger partial charge is 0.336 e. The summed E-state index contributed by atoms with van der Waals surface area (Å²) in [6.07, 6.45) is 0. The van der Waals surface area contributed by atoms with Gasteiger partial charge >= 0.3 is 5.91 Å². The molecule has 0 saturated heterocycles. The summed E-state index contributed by atoms with van der Waals surface area (Å²) in [5, 5.41) is 6.73. The van der Waals surface area contributed by atoms with E-state index >= 15 is 0 Å². The molecule has 0 aliphatic heterocycles. The molecule has 28 heavy (non-hydrogen) atoms. The lowest BCUT2D eigenvalue weighted by Gasteiger charge is -2.12. The third kappa shape index (κ3) is 2.92. The van der Waals surface area contributed by atoms with Crippen molar-refractivity contribution in [3.8, 4) is 28.3 Å². The molecule has 0 aliphatic carbocycles. The van der Waals surface area contributed by atoms with Crippen LogP contribution < -0.4 is 4.74 Å². The minimum Gasteiger partial charge on any atom is -0.496 e. The van der Waals surface area contributed by atoms with Crippen LogP contribution in [0.15, 0.2) is 65.8 Å². The van der Waals surface area contributed by atoms with Crippen LogP contribution in [0.5, 0.6) is 5.75 Å². The van der Waals surface area contributed by atoms with Crippen LogP contribution >= 0.6 is 0 Å². The monoisotopic (exact) mass is 372 g/mol.